The summed E-state index contributed by atoms with van der Waals surface area (Å²) in [5.41, 5.74) is 5.08. The predicted octanol–water partition coefficient (Wildman–Crippen LogP) is 0.497. The summed E-state index contributed by atoms with van der Waals surface area (Å²) in [5, 5.41) is 4.55. The number of anilines is 1. The molecule has 90 valence electrons. The van der Waals surface area contributed by atoms with Crippen LogP contribution < -0.4 is 10.9 Å². The van der Waals surface area contributed by atoms with E-state index in [1.165, 1.54) is 0 Å². The molecule has 0 saturated heterocycles. The molecule has 1 rings (SSSR count). The van der Waals surface area contributed by atoms with Gasteiger partial charge in [-0.05, 0) is 12.1 Å². The first-order valence-corrected chi connectivity index (χ1v) is 7.83. The molecule has 0 aliphatic heterocycles. The first kappa shape index (κ1) is 13.5. The minimum atomic E-state index is -4.16. The number of benzene rings is 1. The average Bonchev–Trinajstić information content (AvgIpc) is 1.97. The number of hydrogen-bond donors (Lipinski definition) is 2. The van der Waals surface area contributed by atoms with Crippen LogP contribution in [-0.2, 0) is 19.1 Å². The van der Waals surface area contributed by atoms with E-state index in [0.717, 1.165) is 12.1 Å². The zero-order chi connectivity index (χ0) is 12.7. The maximum absolute atomic E-state index is 11.1. The van der Waals surface area contributed by atoms with Crippen molar-refractivity contribution in [3.05, 3.63) is 17.2 Å². The highest BCUT2D eigenvalue weighted by Gasteiger charge is 2.21. The summed E-state index contributed by atoms with van der Waals surface area (Å²) in [4.78, 5) is -1.11. The van der Waals surface area contributed by atoms with Gasteiger partial charge in [-0.15, -0.1) is 0 Å². The first-order valence-electron chi connectivity index (χ1n) is 3.60. The molecule has 10 heteroatoms. The number of sulfonamides is 1. The van der Waals surface area contributed by atoms with Crippen LogP contribution in [-0.4, -0.2) is 16.8 Å². The number of halogens is 2. The van der Waals surface area contributed by atoms with Gasteiger partial charge < -0.3 is 5.73 Å². The third-order valence-corrected chi connectivity index (χ3v) is 4.39. The van der Waals surface area contributed by atoms with Gasteiger partial charge in [0.1, 0.15) is 9.79 Å². The minimum Gasteiger partial charge on any atom is -0.398 e. The van der Waals surface area contributed by atoms with E-state index in [4.69, 9.17) is 33.2 Å². The van der Waals surface area contributed by atoms with E-state index >= 15 is 0 Å². The molecule has 1 aromatic rings. The Hall–Kier alpha value is -0.540. The molecule has 0 aliphatic carbocycles. The Labute approximate surface area is 102 Å². The highest BCUT2D eigenvalue weighted by atomic mass is 35.7. The number of rotatable bonds is 2. The first-order chi connectivity index (χ1) is 7.03. The molecule has 0 bridgehead atoms. The van der Waals surface area contributed by atoms with Crippen molar-refractivity contribution >= 4 is 47.0 Å². The molecule has 0 atom stereocenters. The van der Waals surface area contributed by atoms with Crippen LogP contribution in [0.25, 0.3) is 0 Å². The van der Waals surface area contributed by atoms with E-state index < -0.39 is 28.9 Å². The maximum Gasteiger partial charge on any atom is 0.263 e. The molecule has 0 heterocycles. The summed E-state index contributed by atoms with van der Waals surface area (Å²) < 4.78 is 44.2. The topological polar surface area (TPSA) is 120 Å². The lowest BCUT2D eigenvalue weighted by molar-refractivity contribution is 0.597. The van der Waals surface area contributed by atoms with Crippen molar-refractivity contribution in [1.29, 1.82) is 0 Å². The molecule has 0 radical (unpaired) electrons. The lowest BCUT2D eigenvalue weighted by atomic mass is 10.3. The lowest BCUT2D eigenvalue weighted by Gasteiger charge is -2.06. The molecule has 6 nitrogen and oxygen atoms in total. The second kappa shape index (κ2) is 4.04. The van der Waals surface area contributed by atoms with Gasteiger partial charge >= 0.3 is 0 Å². The van der Waals surface area contributed by atoms with Crippen LogP contribution in [0.1, 0.15) is 0 Å². The smallest absolute Gasteiger partial charge is 0.263 e. The number of primary sulfonamides is 1. The second-order valence-electron chi connectivity index (χ2n) is 2.80. The Morgan fingerprint density at radius 2 is 1.56 bits per heavy atom. The van der Waals surface area contributed by atoms with Crippen LogP contribution >= 0.6 is 22.3 Å². The van der Waals surface area contributed by atoms with Crippen molar-refractivity contribution in [2.45, 2.75) is 9.79 Å². The van der Waals surface area contributed by atoms with Gasteiger partial charge in [-0.2, -0.15) is 0 Å². The minimum absolute atomic E-state index is 0.257. The van der Waals surface area contributed by atoms with E-state index in [2.05, 4.69) is 0 Å². The fraction of sp³-hybridized carbons (Fsp3) is 0. The highest BCUT2D eigenvalue weighted by Crippen LogP contribution is 2.30. The standard InChI is InChI=1S/C6H6Cl2N2O4S2/c7-3-1-4(9)6(15(8,11)12)2-5(3)16(10,13)14/h1-2H,9H2,(H2,10,13,14). The van der Waals surface area contributed by atoms with E-state index in [1.807, 2.05) is 0 Å². The molecule has 0 fully saturated rings. The molecule has 0 aliphatic rings. The summed E-state index contributed by atoms with van der Waals surface area (Å²) >= 11 is 5.56. The summed E-state index contributed by atoms with van der Waals surface area (Å²) in [6.45, 7) is 0. The molecule has 16 heavy (non-hydrogen) atoms. The Morgan fingerprint density at radius 3 is 1.94 bits per heavy atom. The maximum atomic E-state index is 11.1. The van der Waals surface area contributed by atoms with E-state index in [1.54, 1.807) is 0 Å². The normalized spacial score (nSPS) is 12.7. The van der Waals surface area contributed by atoms with Crippen molar-refractivity contribution in [3.8, 4) is 0 Å². The molecular weight excluding hydrogens is 299 g/mol. The Balaban J connectivity index is 3.72. The summed E-state index contributed by atoms with van der Waals surface area (Å²) in [7, 11) is -3.26. The molecule has 0 amide bonds. The van der Waals surface area contributed by atoms with Gasteiger partial charge in [-0.25, -0.2) is 22.0 Å². The van der Waals surface area contributed by atoms with Gasteiger partial charge in [0, 0.05) is 10.7 Å². The van der Waals surface area contributed by atoms with Crippen molar-refractivity contribution in [3.63, 3.8) is 0 Å². The van der Waals surface area contributed by atoms with E-state index in [-0.39, 0.29) is 10.7 Å². The zero-order valence-electron chi connectivity index (χ0n) is 7.51. The van der Waals surface area contributed by atoms with Gasteiger partial charge in [0.2, 0.25) is 10.0 Å². The zero-order valence-corrected chi connectivity index (χ0v) is 10.7. The Kier molecular flexibility index (Phi) is 3.42. The largest absolute Gasteiger partial charge is 0.398 e. The van der Waals surface area contributed by atoms with E-state index in [0.29, 0.717) is 0 Å². The fourth-order valence-corrected chi connectivity index (χ4v) is 3.16. The summed E-state index contributed by atoms with van der Waals surface area (Å²) in [6.07, 6.45) is 0. The van der Waals surface area contributed by atoms with Crippen LogP contribution in [0.3, 0.4) is 0 Å². The van der Waals surface area contributed by atoms with Gasteiger partial charge in [0.05, 0.1) is 10.7 Å². The molecular formula is C6H6Cl2N2O4S2. The van der Waals surface area contributed by atoms with Crippen LogP contribution in [0.15, 0.2) is 21.9 Å². The lowest BCUT2D eigenvalue weighted by Crippen LogP contribution is -2.14. The molecule has 0 aromatic heterocycles. The quantitative estimate of drug-likeness (QED) is 0.608. The van der Waals surface area contributed by atoms with Crippen LogP contribution in [0.2, 0.25) is 5.02 Å². The fourth-order valence-electron chi connectivity index (χ4n) is 0.979. The van der Waals surface area contributed by atoms with Crippen molar-refractivity contribution in [2.75, 3.05) is 5.73 Å². The Bertz CT molecular complexity index is 585. The number of nitrogens with two attached hydrogens (primary N) is 2. The Morgan fingerprint density at radius 1 is 1.06 bits per heavy atom. The average molecular weight is 305 g/mol. The van der Waals surface area contributed by atoms with E-state index in [9.17, 15) is 16.8 Å². The predicted molar refractivity (Wildman–Crippen MR) is 60.3 cm³/mol. The van der Waals surface area contributed by atoms with Crippen LogP contribution in [0, 0.1) is 0 Å². The third kappa shape index (κ3) is 2.77. The van der Waals surface area contributed by atoms with Gasteiger partial charge in [0.25, 0.3) is 9.05 Å². The third-order valence-electron chi connectivity index (χ3n) is 1.63. The van der Waals surface area contributed by atoms with Crippen LogP contribution in [0.4, 0.5) is 5.69 Å². The summed E-state index contributed by atoms with van der Waals surface area (Å²) in [5.74, 6) is 0. The van der Waals surface area contributed by atoms with Crippen molar-refractivity contribution in [2.24, 2.45) is 5.14 Å². The second-order valence-corrected chi connectivity index (χ2v) is 7.27. The van der Waals surface area contributed by atoms with Gasteiger partial charge in [-0.3, -0.25) is 0 Å². The highest BCUT2D eigenvalue weighted by molar-refractivity contribution is 8.13. The molecule has 0 spiro atoms. The molecule has 0 unspecified atom stereocenters. The monoisotopic (exact) mass is 304 g/mol. The SMILES string of the molecule is Nc1cc(Cl)c(S(N)(=O)=O)cc1S(=O)(=O)Cl. The van der Waals surface area contributed by atoms with Gasteiger partial charge in [-0.1, -0.05) is 11.6 Å². The molecule has 0 saturated carbocycles. The molecule has 4 N–H and O–H groups in total. The summed E-state index contributed by atoms with van der Waals surface area (Å²) in [6, 6.07) is 1.67. The van der Waals surface area contributed by atoms with Crippen LogP contribution in [0.5, 0.6) is 0 Å². The number of nitrogen functional groups attached to an aromatic ring is 1. The van der Waals surface area contributed by atoms with Crippen molar-refractivity contribution < 1.29 is 16.8 Å². The number of hydrogen-bond acceptors (Lipinski definition) is 5. The molecule has 1 aromatic carbocycles. The van der Waals surface area contributed by atoms with Gasteiger partial charge in [0.15, 0.2) is 0 Å². The van der Waals surface area contributed by atoms with Crippen molar-refractivity contribution in [1.82, 2.24) is 0 Å².